The minimum absolute atomic E-state index is 0.0138. The average Bonchev–Trinajstić information content (AvgIpc) is 2.67. The molecule has 2 N–H and O–H groups in total. The molecule has 0 fully saturated rings. The summed E-state index contributed by atoms with van der Waals surface area (Å²) in [5.74, 6) is -0.168. The molecule has 0 rings (SSSR count). The summed E-state index contributed by atoms with van der Waals surface area (Å²) in [4.78, 5) is 11.6. The molecule has 0 saturated heterocycles. The van der Waals surface area contributed by atoms with Gasteiger partial charge in [-0.15, -0.1) is 0 Å². The molecule has 0 heterocycles. The SMILES string of the molecule is CCNCCOCCOCCNC(=O)COCCOCCOCCOC(C)C. The van der Waals surface area contributed by atoms with Crippen LogP contribution in [0.1, 0.15) is 20.8 Å². The van der Waals surface area contributed by atoms with Crippen LogP contribution in [-0.4, -0.2) is 104 Å². The molecule has 0 spiro atoms. The van der Waals surface area contributed by atoms with Crippen molar-refractivity contribution >= 4 is 5.91 Å². The largest absolute Gasteiger partial charge is 0.378 e. The quantitative estimate of drug-likeness (QED) is 0.246. The molecule has 0 saturated carbocycles. The summed E-state index contributed by atoms with van der Waals surface area (Å²) in [5, 5.41) is 5.90. The van der Waals surface area contributed by atoms with Gasteiger partial charge in [0.2, 0.25) is 5.91 Å². The van der Waals surface area contributed by atoms with E-state index < -0.39 is 0 Å². The fraction of sp³-hybridized carbons (Fsp3) is 0.947. The maximum atomic E-state index is 11.6. The molecule has 0 unspecified atom stereocenters. The number of carbonyl (C=O) groups excluding carboxylic acids is 1. The van der Waals surface area contributed by atoms with Crippen molar-refractivity contribution in [2.24, 2.45) is 0 Å². The zero-order valence-electron chi connectivity index (χ0n) is 17.8. The summed E-state index contributed by atoms with van der Waals surface area (Å²) in [6.07, 6.45) is 0.222. The Labute approximate surface area is 169 Å². The van der Waals surface area contributed by atoms with Gasteiger partial charge in [0.05, 0.1) is 72.2 Å². The second kappa shape index (κ2) is 22.5. The van der Waals surface area contributed by atoms with Crippen LogP contribution in [0.5, 0.6) is 0 Å². The lowest BCUT2D eigenvalue weighted by atomic mass is 10.5. The van der Waals surface area contributed by atoms with Crippen LogP contribution in [-0.2, 0) is 33.2 Å². The van der Waals surface area contributed by atoms with Crippen molar-refractivity contribution in [1.29, 1.82) is 0 Å². The highest BCUT2D eigenvalue weighted by atomic mass is 16.6. The van der Waals surface area contributed by atoms with Gasteiger partial charge in [0.25, 0.3) is 0 Å². The van der Waals surface area contributed by atoms with Crippen LogP contribution in [0.4, 0.5) is 0 Å². The second-order valence-corrected chi connectivity index (χ2v) is 6.13. The summed E-state index contributed by atoms with van der Waals surface area (Å²) in [6, 6.07) is 0. The highest BCUT2D eigenvalue weighted by Gasteiger charge is 2.01. The van der Waals surface area contributed by atoms with Gasteiger partial charge in [0.1, 0.15) is 6.61 Å². The molecule has 9 heteroatoms. The van der Waals surface area contributed by atoms with Crippen LogP contribution < -0.4 is 10.6 Å². The minimum Gasteiger partial charge on any atom is -0.378 e. The number of carbonyl (C=O) groups is 1. The lowest BCUT2D eigenvalue weighted by molar-refractivity contribution is -0.126. The van der Waals surface area contributed by atoms with Crippen LogP contribution in [0.2, 0.25) is 0 Å². The van der Waals surface area contributed by atoms with Crippen LogP contribution in [0.25, 0.3) is 0 Å². The Morgan fingerprint density at radius 1 is 0.714 bits per heavy atom. The number of hydrogen-bond acceptors (Lipinski definition) is 8. The van der Waals surface area contributed by atoms with Crippen molar-refractivity contribution < 1.29 is 33.2 Å². The predicted octanol–water partition coefficient (Wildman–Crippen LogP) is 0.220. The van der Waals surface area contributed by atoms with Crippen molar-refractivity contribution in [3.63, 3.8) is 0 Å². The zero-order chi connectivity index (χ0) is 20.7. The first-order valence-electron chi connectivity index (χ1n) is 10.1. The minimum atomic E-state index is -0.168. The smallest absolute Gasteiger partial charge is 0.246 e. The Morgan fingerprint density at radius 2 is 1.21 bits per heavy atom. The average molecular weight is 409 g/mol. The van der Waals surface area contributed by atoms with Gasteiger partial charge in [-0.1, -0.05) is 6.92 Å². The summed E-state index contributed by atoms with van der Waals surface area (Å²) >= 11 is 0. The Morgan fingerprint density at radius 3 is 1.79 bits per heavy atom. The van der Waals surface area contributed by atoms with Gasteiger partial charge in [0, 0.05) is 13.1 Å². The van der Waals surface area contributed by atoms with E-state index in [4.69, 9.17) is 28.4 Å². The fourth-order valence-electron chi connectivity index (χ4n) is 1.90. The van der Waals surface area contributed by atoms with Gasteiger partial charge in [-0.05, 0) is 20.4 Å². The Kier molecular flexibility index (Phi) is 21.8. The van der Waals surface area contributed by atoms with Crippen molar-refractivity contribution in [2.45, 2.75) is 26.9 Å². The molecule has 9 nitrogen and oxygen atoms in total. The van der Waals surface area contributed by atoms with E-state index in [1.54, 1.807) is 0 Å². The molecule has 0 aliphatic carbocycles. The standard InChI is InChI=1S/C19H40N2O7/c1-4-20-5-7-23-9-10-24-8-6-21-19(22)17-27-14-13-25-11-12-26-15-16-28-18(2)3/h18,20H,4-17H2,1-3H3,(H,21,22). The summed E-state index contributed by atoms with van der Waals surface area (Å²) in [6.45, 7) is 13.4. The van der Waals surface area contributed by atoms with E-state index in [9.17, 15) is 4.79 Å². The first-order valence-corrected chi connectivity index (χ1v) is 10.1. The predicted molar refractivity (Wildman–Crippen MR) is 107 cm³/mol. The summed E-state index contributed by atoms with van der Waals surface area (Å²) in [7, 11) is 0. The van der Waals surface area contributed by atoms with Crippen molar-refractivity contribution in [3.05, 3.63) is 0 Å². The normalized spacial score (nSPS) is 11.3. The highest BCUT2D eigenvalue weighted by molar-refractivity contribution is 5.77. The van der Waals surface area contributed by atoms with E-state index in [0.29, 0.717) is 72.6 Å². The third-order valence-electron chi connectivity index (χ3n) is 3.27. The molecule has 0 aromatic carbocycles. The molecule has 28 heavy (non-hydrogen) atoms. The van der Waals surface area contributed by atoms with Gasteiger partial charge < -0.3 is 39.1 Å². The van der Waals surface area contributed by atoms with Crippen LogP contribution in [0.15, 0.2) is 0 Å². The molecule has 0 aliphatic rings. The molecule has 0 atom stereocenters. The summed E-state index contributed by atoms with van der Waals surface area (Å²) in [5.41, 5.74) is 0. The third-order valence-corrected chi connectivity index (χ3v) is 3.27. The number of amides is 1. The van der Waals surface area contributed by atoms with Crippen molar-refractivity contribution in [1.82, 2.24) is 10.6 Å². The molecule has 0 aliphatic heterocycles. The van der Waals surface area contributed by atoms with Gasteiger partial charge in [-0.2, -0.15) is 0 Å². The van der Waals surface area contributed by atoms with E-state index in [1.165, 1.54) is 0 Å². The molecule has 1 amide bonds. The maximum Gasteiger partial charge on any atom is 0.246 e. The zero-order valence-corrected chi connectivity index (χ0v) is 17.8. The van der Waals surface area contributed by atoms with Gasteiger partial charge in [-0.25, -0.2) is 0 Å². The lowest BCUT2D eigenvalue weighted by Gasteiger charge is -2.09. The third kappa shape index (κ3) is 23.2. The van der Waals surface area contributed by atoms with Crippen molar-refractivity contribution in [3.8, 4) is 0 Å². The van der Waals surface area contributed by atoms with Gasteiger partial charge >= 0.3 is 0 Å². The fourth-order valence-corrected chi connectivity index (χ4v) is 1.90. The number of nitrogens with one attached hydrogen (secondary N) is 2. The van der Waals surface area contributed by atoms with E-state index in [-0.39, 0.29) is 18.6 Å². The Balaban J connectivity index is 3.15. The van der Waals surface area contributed by atoms with Crippen LogP contribution >= 0.6 is 0 Å². The van der Waals surface area contributed by atoms with E-state index in [2.05, 4.69) is 17.6 Å². The number of rotatable bonds is 22. The summed E-state index contributed by atoms with van der Waals surface area (Å²) < 4.78 is 32.0. The van der Waals surface area contributed by atoms with E-state index >= 15 is 0 Å². The monoisotopic (exact) mass is 408 g/mol. The van der Waals surface area contributed by atoms with E-state index in [0.717, 1.165) is 13.1 Å². The first-order chi connectivity index (χ1) is 13.7. The van der Waals surface area contributed by atoms with Gasteiger partial charge in [-0.3, -0.25) is 4.79 Å². The molecular weight excluding hydrogens is 368 g/mol. The number of hydrogen-bond donors (Lipinski definition) is 2. The first kappa shape index (κ1) is 27.2. The number of likely N-dealkylation sites (N-methyl/N-ethyl adjacent to an activating group) is 1. The van der Waals surface area contributed by atoms with Crippen molar-refractivity contribution in [2.75, 3.05) is 92.3 Å². The highest BCUT2D eigenvalue weighted by Crippen LogP contribution is 1.88. The number of ether oxygens (including phenoxy) is 6. The molecule has 0 radical (unpaired) electrons. The van der Waals surface area contributed by atoms with Crippen LogP contribution in [0.3, 0.4) is 0 Å². The second-order valence-electron chi connectivity index (χ2n) is 6.13. The maximum absolute atomic E-state index is 11.6. The molecule has 0 bridgehead atoms. The molecule has 0 aromatic heterocycles. The molecular formula is C19H40N2O7. The topological polar surface area (TPSA) is 96.5 Å². The molecule has 168 valence electrons. The van der Waals surface area contributed by atoms with E-state index in [1.807, 2.05) is 13.8 Å². The lowest BCUT2D eigenvalue weighted by Crippen LogP contribution is -2.31. The van der Waals surface area contributed by atoms with Gasteiger partial charge in [0.15, 0.2) is 0 Å². The Bertz CT molecular complexity index is 333. The molecule has 0 aromatic rings. The Hall–Kier alpha value is -0.810. The van der Waals surface area contributed by atoms with Crippen LogP contribution in [0, 0.1) is 0 Å².